The number of amides is 1. The molecule has 36 heavy (non-hydrogen) atoms. The number of alkyl halides is 3. The molecule has 1 unspecified atom stereocenters. The van der Waals surface area contributed by atoms with Gasteiger partial charge < -0.3 is 19.3 Å². The van der Waals surface area contributed by atoms with Crippen molar-refractivity contribution in [2.24, 2.45) is 5.73 Å². The Kier molecular flexibility index (Phi) is 6.80. The summed E-state index contributed by atoms with van der Waals surface area (Å²) in [4.78, 5) is 15.8. The van der Waals surface area contributed by atoms with E-state index in [1.807, 2.05) is 0 Å². The van der Waals surface area contributed by atoms with Gasteiger partial charge in [-0.2, -0.15) is 13.2 Å². The molecule has 8 nitrogen and oxygen atoms in total. The summed E-state index contributed by atoms with van der Waals surface area (Å²) in [6, 6.07) is 5.90. The van der Waals surface area contributed by atoms with Crippen LogP contribution >= 0.6 is 15.9 Å². The number of aryl methyl sites for hydroxylation is 1. The Morgan fingerprint density at radius 2 is 1.81 bits per heavy atom. The van der Waals surface area contributed by atoms with Gasteiger partial charge in [0.25, 0.3) is 5.91 Å². The molecule has 0 aliphatic rings. The van der Waals surface area contributed by atoms with Crippen LogP contribution in [0.1, 0.15) is 39.7 Å². The maximum atomic E-state index is 14.8. The van der Waals surface area contributed by atoms with Gasteiger partial charge in [-0.1, -0.05) is 12.1 Å². The topological polar surface area (TPSA) is 117 Å². The second-order valence-electron chi connectivity index (χ2n) is 7.37. The van der Waals surface area contributed by atoms with Crippen LogP contribution in [-0.4, -0.2) is 21.1 Å². The van der Waals surface area contributed by atoms with Crippen LogP contribution in [0.15, 0.2) is 49.9 Å². The van der Waals surface area contributed by atoms with E-state index < -0.39 is 46.7 Å². The Balaban J connectivity index is 1.72. The summed E-state index contributed by atoms with van der Waals surface area (Å²) in [6.07, 6.45) is -5.96. The zero-order chi connectivity index (χ0) is 26.2. The summed E-state index contributed by atoms with van der Waals surface area (Å²) < 4.78 is 84.1. The highest BCUT2D eigenvalue weighted by Gasteiger charge is 2.31. The molecule has 2 aromatic heterocycles. The Bertz CT molecular complexity index is 1420. The highest BCUT2D eigenvalue weighted by atomic mass is 79.9. The number of benzene rings is 2. The van der Waals surface area contributed by atoms with Crippen LogP contribution in [0.5, 0.6) is 5.75 Å². The van der Waals surface area contributed by atoms with Gasteiger partial charge in [-0.3, -0.25) is 4.79 Å². The molecule has 0 aliphatic heterocycles. The Morgan fingerprint density at radius 3 is 2.39 bits per heavy atom. The Labute approximate surface area is 207 Å². The zero-order valence-electron chi connectivity index (χ0n) is 18.1. The second-order valence-corrected chi connectivity index (χ2v) is 8.09. The van der Waals surface area contributed by atoms with E-state index in [1.54, 1.807) is 0 Å². The molecule has 14 heteroatoms. The van der Waals surface area contributed by atoms with Crippen LogP contribution in [0.25, 0.3) is 11.3 Å². The number of rotatable bonds is 7. The van der Waals surface area contributed by atoms with Crippen LogP contribution in [0.3, 0.4) is 0 Å². The summed E-state index contributed by atoms with van der Waals surface area (Å²) in [5, 5.41) is 7.54. The monoisotopic (exact) mass is 572 g/mol. The van der Waals surface area contributed by atoms with Crippen LogP contribution in [0, 0.1) is 18.6 Å². The molecule has 0 spiro atoms. The van der Waals surface area contributed by atoms with E-state index >= 15 is 0 Å². The van der Waals surface area contributed by atoms with E-state index in [1.165, 1.54) is 19.1 Å². The van der Waals surface area contributed by atoms with E-state index in [4.69, 9.17) is 19.3 Å². The van der Waals surface area contributed by atoms with Gasteiger partial charge >= 0.3 is 6.18 Å². The first-order chi connectivity index (χ1) is 16.9. The second kappa shape index (κ2) is 9.68. The van der Waals surface area contributed by atoms with Crippen molar-refractivity contribution >= 4 is 21.8 Å². The SMILES string of the molecule is Cc1nnc(CC(Oc2ccc(F)c(C(N)=O)c2F)c2nc(-c3ccc(C(F)(F)F)cc3)c(Br)o2)o1. The molecule has 2 aromatic carbocycles. The lowest BCUT2D eigenvalue weighted by Crippen LogP contribution is -2.18. The van der Waals surface area contributed by atoms with E-state index in [-0.39, 0.29) is 40.0 Å². The van der Waals surface area contributed by atoms with Crippen molar-refractivity contribution < 1.29 is 40.3 Å². The highest BCUT2D eigenvalue weighted by Crippen LogP contribution is 2.36. The highest BCUT2D eigenvalue weighted by molar-refractivity contribution is 9.10. The molecule has 0 aliphatic carbocycles. The molecule has 0 saturated heterocycles. The van der Waals surface area contributed by atoms with Crippen molar-refractivity contribution in [2.75, 3.05) is 0 Å². The van der Waals surface area contributed by atoms with E-state index in [9.17, 15) is 26.7 Å². The first kappa shape index (κ1) is 25.3. The number of halogens is 6. The molecule has 4 rings (SSSR count). The zero-order valence-corrected chi connectivity index (χ0v) is 19.7. The number of hydrogen-bond acceptors (Lipinski definition) is 7. The van der Waals surface area contributed by atoms with Crippen LogP contribution in [0.2, 0.25) is 0 Å². The van der Waals surface area contributed by atoms with Crippen LogP contribution in [-0.2, 0) is 12.6 Å². The molecule has 0 radical (unpaired) electrons. The predicted octanol–water partition coefficient (Wildman–Crippen LogP) is 5.55. The largest absolute Gasteiger partial charge is 0.477 e. The molecule has 0 fully saturated rings. The molecule has 2 heterocycles. The van der Waals surface area contributed by atoms with Gasteiger partial charge in [-0.15, -0.1) is 10.2 Å². The number of hydrogen-bond donors (Lipinski definition) is 1. The molecular formula is C22H14BrF5N4O4. The first-order valence-corrected chi connectivity index (χ1v) is 10.8. The Hall–Kier alpha value is -3.81. The van der Waals surface area contributed by atoms with Crippen molar-refractivity contribution in [1.29, 1.82) is 0 Å². The Morgan fingerprint density at radius 1 is 1.11 bits per heavy atom. The van der Waals surface area contributed by atoms with Gasteiger partial charge in [0.15, 0.2) is 22.3 Å². The lowest BCUT2D eigenvalue weighted by molar-refractivity contribution is -0.137. The number of ether oxygens (including phenoxy) is 1. The molecule has 1 amide bonds. The molecule has 188 valence electrons. The summed E-state index contributed by atoms with van der Waals surface area (Å²) in [7, 11) is 0. The van der Waals surface area contributed by atoms with Gasteiger partial charge in [0.05, 0.1) is 12.0 Å². The molecule has 4 aromatic rings. The minimum absolute atomic E-state index is 0.0463. The van der Waals surface area contributed by atoms with Gasteiger partial charge in [0.1, 0.15) is 17.1 Å². The molecule has 2 N–H and O–H groups in total. The number of primary amides is 1. The third kappa shape index (κ3) is 5.22. The van der Waals surface area contributed by atoms with E-state index in [0.717, 1.165) is 24.3 Å². The summed E-state index contributed by atoms with van der Waals surface area (Å²) in [5.41, 5.74) is 3.62. The number of carbonyl (C=O) groups is 1. The quantitative estimate of drug-likeness (QED) is 0.288. The molecule has 0 bridgehead atoms. The standard InChI is InChI=1S/C22H14BrF5N4O4/c1-9-31-32-15(34-9)8-14(35-13-7-6-12(24)16(17(13)25)20(29)33)21-30-18(19(23)36-21)10-2-4-11(5-3-10)22(26,27)28/h2-7,14H,8H2,1H3,(H2,29,33). The minimum Gasteiger partial charge on any atom is -0.477 e. The van der Waals surface area contributed by atoms with Crippen LogP contribution < -0.4 is 10.5 Å². The summed E-state index contributed by atoms with van der Waals surface area (Å²) in [6.45, 7) is 1.54. The predicted molar refractivity (Wildman–Crippen MR) is 116 cm³/mol. The van der Waals surface area contributed by atoms with Crippen molar-refractivity contribution in [3.63, 3.8) is 0 Å². The fourth-order valence-corrected chi connectivity index (χ4v) is 3.69. The third-order valence-electron chi connectivity index (χ3n) is 4.86. The average molecular weight is 573 g/mol. The molecule has 0 saturated carbocycles. The number of carbonyl (C=O) groups excluding carboxylic acids is 1. The van der Waals surface area contributed by atoms with Gasteiger partial charge in [0.2, 0.25) is 17.7 Å². The van der Waals surface area contributed by atoms with Gasteiger partial charge in [0, 0.05) is 12.5 Å². The number of aromatic nitrogens is 3. The van der Waals surface area contributed by atoms with E-state index in [2.05, 4.69) is 31.1 Å². The summed E-state index contributed by atoms with van der Waals surface area (Å²) in [5.74, 6) is -4.29. The fourth-order valence-electron chi connectivity index (χ4n) is 3.21. The average Bonchev–Trinajstić information content (AvgIpc) is 3.39. The normalized spacial score (nSPS) is 12.5. The van der Waals surface area contributed by atoms with Crippen molar-refractivity contribution in [2.45, 2.75) is 25.6 Å². The van der Waals surface area contributed by atoms with Gasteiger partial charge in [-0.25, -0.2) is 13.8 Å². The van der Waals surface area contributed by atoms with E-state index in [0.29, 0.717) is 0 Å². The fraction of sp³-hybridized carbons (Fsp3) is 0.182. The third-order valence-corrected chi connectivity index (χ3v) is 5.40. The number of oxazole rings is 1. The van der Waals surface area contributed by atoms with Crippen molar-refractivity contribution in [3.05, 3.63) is 81.5 Å². The first-order valence-electron chi connectivity index (χ1n) is 10.0. The maximum absolute atomic E-state index is 14.8. The molecule has 1 atom stereocenters. The molecular weight excluding hydrogens is 559 g/mol. The van der Waals surface area contributed by atoms with Crippen molar-refractivity contribution in [1.82, 2.24) is 15.2 Å². The van der Waals surface area contributed by atoms with Gasteiger partial charge in [-0.05, 0) is 40.2 Å². The number of nitrogens with zero attached hydrogens (tertiary/aromatic N) is 3. The van der Waals surface area contributed by atoms with Crippen LogP contribution in [0.4, 0.5) is 22.0 Å². The smallest absolute Gasteiger partial charge is 0.416 e. The lowest BCUT2D eigenvalue weighted by Gasteiger charge is -2.16. The lowest BCUT2D eigenvalue weighted by atomic mass is 10.1. The number of nitrogens with two attached hydrogens (primary N) is 1. The summed E-state index contributed by atoms with van der Waals surface area (Å²) >= 11 is 3.17. The minimum atomic E-state index is -4.52. The maximum Gasteiger partial charge on any atom is 0.416 e. The van der Waals surface area contributed by atoms with Crippen molar-refractivity contribution in [3.8, 4) is 17.0 Å².